The van der Waals surface area contributed by atoms with E-state index in [1.165, 1.54) is 31.5 Å². The molecular weight excluding hydrogens is 210 g/mol. The van der Waals surface area contributed by atoms with Crippen LogP contribution in [0.2, 0.25) is 0 Å². The topological polar surface area (TPSA) is 29.9 Å². The third-order valence-electron chi connectivity index (χ3n) is 3.85. The Kier molecular flexibility index (Phi) is 4.60. The van der Waals surface area contributed by atoms with Crippen molar-refractivity contribution < 1.29 is 0 Å². The third-order valence-corrected chi connectivity index (χ3v) is 3.85. The monoisotopic (exact) mass is 235 g/mol. The molecule has 0 aromatic carbocycles. The van der Waals surface area contributed by atoms with E-state index in [4.69, 9.17) is 0 Å². The zero-order chi connectivity index (χ0) is 12.1. The average molecular weight is 235 g/mol. The van der Waals surface area contributed by atoms with Gasteiger partial charge in [0.05, 0.1) is 0 Å². The van der Waals surface area contributed by atoms with Gasteiger partial charge in [0.15, 0.2) is 0 Å². The summed E-state index contributed by atoms with van der Waals surface area (Å²) in [6.45, 7) is 6.58. The quantitative estimate of drug-likeness (QED) is 0.787. The normalized spacial score (nSPS) is 18.0. The maximum atomic E-state index is 4.52. The molecule has 3 heteroatoms. The van der Waals surface area contributed by atoms with Crippen molar-refractivity contribution in [1.82, 2.24) is 14.9 Å². The number of aryl methyl sites for hydroxylation is 1. The summed E-state index contributed by atoms with van der Waals surface area (Å²) in [5.41, 5.74) is 0. The number of rotatable bonds is 7. The van der Waals surface area contributed by atoms with Crippen LogP contribution in [-0.4, -0.2) is 22.1 Å². The van der Waals surface area contributed by atoms with Crippen molar-refractivity contribution in [3.05, 3.63) is 18.2 Å². The lowest BCUT2D eigenvalue weighted by Gasteiger charge is -2.34. The van der Waals surface area contributed by atoms with Gasteiger partial charge >= 0.3 is 0 Å². The number of imidazole rings is 1. The first-order valence-electron chi connectivity index (χ1n) is 7.08. The van der Waals surface area contributed by atoms with Crippen LogP contribution in [0.25, 0.3) is 0 Å². The van der Waals surface area contributed by atoms with Crippen molar-refractivity contribution >= 4 is 0 Å². The predicted molar refractivity (Wildman–Crippen MR) is 71.0 cm³/mol. The predicted octanol–water partition coefficient (Wildman–Crippen LogP) is 2.61. The molecule has 1 aliphatic carbocycles. The fourth-order valence-electron chi connectivity index (χ4n) is 2.68. The van der Waals surface area contributed by atoms with Gasteiger partial charge in [-0.05, 0) is 31.7 Å². The van der Waals surface area contributed by atoms with Gasteiger partial charge < -0.3 is 9.88 Å². The number of hydrogen-bond donors (Lipinski definition) is 1. The molecule has 1 N–H and O–H groups in total. The first-order chi connectivity index (χ1) is 8.35. The molecule has 1 heterocycles. The average Bonchev–Trinajstić information content (AvgIpc) is 2.64. The van der Waals surface area contributed by atoms with Gasteiger partial charge in [-0.25, -0.2) is 4.98 Å². The highest BCUT2D eigenvalue weighted by Gasteiger charge is 2.27. The standard InChI is InChI=1S/C14H25N3/c1-3-9-17-10-8-16-14(17)11-13(15-4-2)12-6-5-7-12/h8,10,12-13,15H,3-7,9,11H2,1-2H3. The van der Waals surface area contributed by atoms with E-state index in [0.717, 1.165) is 25.4 Å². The van der Waals surface area contributed by atoms with Gasteiger partial charge in [-0.3, -0.25) is 0 Å². The highest BCUT2D eigenvalue weighted by atomic mass is 15.1. The second kappa shape index (κ2) is 6.20. The molecular formula is C14H25N3. The molecule has 1 saturated carbocycles. The summed E-state index contributed by atoms with van der Waals surface area (Å²) in [6, 6.07) is 0.631. The van der Waals surface area contributed by atoms with E-state index in [9.17, 15) is 0 Å². The molecule has 1 atom stereocenters. The molecule has 1 aromatic rings. The van der Waals surface area contributed by atoms with Crippen molar-refractivity contribution in [2.45, 2.75) is 58.5 Å². The Balaban J connectivity index is 1.97. The second-order valence-corrected chi connectivity index (χ2v) is 5.10. The summed E-state index contributed by atoms with van der Waals surface area (Å²) >= 11 is 0. The number of likely N-dealkylation sites (N-methyl/N-ethyl adjacent to an activating group) is 1. The minimum atomic E-state index is 0.631. The first kappa shape index (κ1) is 12.6. The Hall–Kier alpha value is -0.830. The summed E-state index contributed by atoms with van der Waals surface area (Å²) in [5.74, 6) is 2.13. The lowest BCUT2D eigenvalue weighted by Crippen LogP contribution is -2.41. The minimum Gasteiger partial charge on any atom is -0.335 e. The van der Waals surface area contributed by atoms with E-state index < -0.39 is 0 Å². The van der Waals surface area contributed by atoms with E-state index in [2.05, 4.69) is 34.9 Å². The van der Waals surface area contributed by atoms with Crippen molar-refractivity contribution in [3.8, 4) is 0 Å². The Labute approximate surface area is 105 Å². The highest BCUT2D eigenvalue weighted by Crippen LogP contribution is 2.30. The molecule has 96 valence electrons. The third kappa shape index (κ3) is 3.09. The molecule has 0 spiro atoms. The van der Waals surface area contributed by atoms with Crippen LogP contribution >= 0.6 is 0 Å². The molecule has 0 bridgehead atoms. The van der Waals surface area contributed by atoms with Crippen LogP contribution in [0.4, 0.5) is 0 Å². The molecule has 0 radical (unpaired) electrons. The summed E-state index contributed by atoms with van der Waals surface area (Å²) < 4.78 is 2.31. The molecule has 0 amide bonds. The van der Waals surface area contributed by atoms with Gasteiger partial charge in [0, 0.05) is 31.4 Å². The van der Waals surface area contributed by atoms with Crippen LogP contribution in [0.3, 0.4) is 0 Å². The van der Waals surface area contributed by atoms with Crippen molar-refractivity contribution in [1.29, 1.82) is 0 Å². The maximum absolute atomic E-state index is 4.52. The van der Waals surface area contributed by atoms with E-state index in [-0.39, 0.29) is 0 Å². The number of nitrogens with zero attached hydrogens (tertiary/aromatic N) is 2. The molecule has 0 aliphatic heterocycles. The number of nitrogens with one attached hydrogen (secondary N) is 1. The zero-order valence-corrected chi connectivity index (χ0v) is 11.2. The Morgan fingerprint density at radius 2 is 2.29 bits per heavy atom. The highest BCUT2D eigenvalue weighted by molar-refractivity contribution is 4.98. The molecule has 3 nitrogen and oxygen atoms in total. The van der Waals surface area contributed by atoms with Gasteiger partial charge in [0.1, 0.15) is 5.82 Å². The maximum Gasteiger partial charge on any atom is 0.110 e. The van der Waals surface area contributed by atoms with E-state index in [1.54, 1.807) is 0 Å². The molecule has 1 fully saturated rings. The van der Waals surface area contributed by atoms with Crippen molar-refractivity contribution in [2.75, 3.05) is 6.54 Å². The molecule has 17 heavy (non-hydrogen) atoms. The van der Waals surface area contributed by atoms with Crippen molar-refractivity contribution in [3.63, 3.8) is 0 Å². The smallest absolute Gasteiger partial charge is 0.110 e. The molecule has 2 rings (SSSR count). The SMILES string of the molecule is CCCn1ccnc1CC(NCC)C1CCC1. The fourth-order valence-corrected chi connectivity index (χ4v) is 2.68. The van der Waals surface area contributed by atoms with Crippen LogP contribution in [0.1, 0.15) is 45.4 Å². The number of aromatic nitrogens is 2. The zero-order valence-electron chi connectivity index (χ0n) is 11.2. The van der Waals surface area contributed by atoms with Crippen molar-refractivity contribution in [2.24, 2.45) is 5.92 Å². The Morgan fingerprint density at radius 3 is 2.88 bits per heavy atom. The Bertz CT molecular complexity index is 328. The van der Waals surface area contributed by atoms with Gasteiger partial charge in [-0.1, -0.05) is 20.3 Å². The fraction of sp³-hybridized carbons (Fsp3) is 0.786. The van der Waals surface area contributed by atoms with Crippen LogP contribution in [0.5, 0.6) is 0 Å². The van der Waals surface area contributed by atoms with Crippen LogP contribution in [0.15, 0.2) is 12.4 Å². The largest absolute Gasteiger partial charge is 0.335 e. The molecule has 0 saturated heterocycles. The minimum absolute atomic E-state index is 0.631. The van der Waals surface area contributed by atoms with Gasteiger partial charge in [-0.2, -0.15) is 0 Å². The molecule has 1 aromatic heterocycles. The van der Waals surface area contributed by atoms with Crippen LogP contribution in [-0.2, 0) is 13.0 Å². The Morgan fingerprint density at radius 1 is 1.47 bits per heavy atom. The number of hydrogen-bond acceptors (Lipinski definition) is 2. The lowest BCUT2D eigenvalue weighted by molar-refractivity contribution is 0.226. The van der Waals surface area contributed by atoms with Gasteiger partial charge in [0.2, 0.25) is 0 Å². The summed E-state index contributed by atoms with van der Waals surface area (Å²) in [5, 5.41) is 3.64. The first-order valence-corrected chi connectivity index (χ1v) is 7.08. The lowest BCUT2D eigenvalue weighted by atomic mass is 9.78. The van der Waals surface area contributed by atoms with E-state index >= 15 is 0 Å². The summed E-state index contributed by atoms with van der Waals surface area (Å²) in [6.07, 6.45) is 10.5. The summed E-state index contributed by atoms with van der Waals surface area (Å²) in [7, 11) is 0. The van der Waals surface area contributed by atoms with Crippen LogP contribution < -0.4 is 5.32 Å². The van der Waals surface area contributed by atoms with E-state index in [0.29, 0.717) is 6.04 Å². The molecule has 1 aliphatic rings. The van der Waals surface area contributed by atoms with Gasteiger partial charge in [-0.15, -0.1) is 0 Å². The van der Waals surface area contributed by atoms with E-state index in [1.807, 2.05) is 6.20 Å². The second-order valence-electron chi connectivity index (χ2n) is 5.10. The molecule has 1 unspecified atom stereocenters. The summed E-state index contributed by atoms with van der Waals surface area (Å²) in [4.78, 5) is 4.52. The van der Waals surface area contributed by atoms with Crippen LogP contribution in [0, 0.1) is 5.92 Å². The van der Waals surface area contributed by atoms with Gasteiger partial charge in [0.25, 0.3) is 0 Å².